The van der Waals surface area contributed by atoms with Crippen LogP contribution in [0, 0.1) is 0 Å². The van der Waals surface area contributed by atoms with E-state index in [-0.39, 0.29) is 24.3 Å². The fraction of sp³-hybridized carbons (Fsp3) is 0.417. The van der Waals surface area contributed by atoms with E-state index in [1.807, 2.05) is 24.3 Å². The number of nitrogens with one attached hydrogen (secondary N) is 1. The van der Waals surface area contributed by atoms with Gasteiger partial charge in [-0.1, -0.05) is 66.7 Å². The molecular formula is C24H28Cl2N2O2. The van der Waals surface area contributed by atoms with E-state index in [2.05, 4.69) is 5.32 Å². The van der Waals surface area contributed by atoms with Gasteiger partial charge in [0, 0.05) is 22.6 Å². The van der Waals surface area contributed by atoms with Gasteiger partial charge in [0.2, 0.25) is 11.8 Å². The largest absolute Gasteiger partial charge is 0.352 e. The number of hydrogen-bond acceptors (Lipinski definition) is 2. The molecule has 4 nitrogen and oxygen atoms in total. The zero-order valence-electron chi connectivity index (χ0n) is 17.2. The Kier molecular flexibility index (Phi) is 8.17. The molecular weight excluding hydrogens is 419 g/mol. The Morgan fingerprint density at radius 3 is 2.03 bits per heavy atom. The molecule has 0 heterocycles. The number of carbonyl (C=O) groups excluding carboxylic acids is 2. The molecule has 2 aromatic rings. The van der Waals surface area contributed by atoms with Gasteiger partial charge >= 0.3 is 0 Å². The van der Waals surface area contributed by atoms with Crippen molar-refractivity contribution < 1.29 is 9.59 Å². The van der Waals surface area contributed by atoms with E-state index in [1.54, 1.807) is 36.1 Å². The zero-order valence-corrected chi connectivity index (χ0v) is 18.8. The Bertz CT molecular complexity index is 847. The molecule has 160 valence electrons. The number of hydrogen-bond donors (Lipinski definition) is 1. The predicted molar refractivity (Wildman–Crippen MR) is 122 cm³/mol. The molecule has 0 saturated heterocycles. The molecule has 1 atom stereocenters. The second kappa shape index (κ2) is 10.8. The summed E-state index contributed by atoms with van der Waals surface area (Å²) in [6, 6.07) is 14.2. The molecule has 0 aromatic heterocycles. The van der Waals surface area contributed by atoms with Crippen LogP contribution in [0.15, 0.2) is 48.5 Å². The van der Waals surface area contributed by atoms with Crippen molar-refractivity contribution in [3.8, 4) is 0 Å². The van der Waals surface area contributed by atoms with Crippen molar-refractivity contribution in [3.05, 3.63) is 69.7 Å². The van der Waals surface area contributed by atoms with Gasteiger partial charge in [0.15, 0.2) is 0 Å². The molecule has 2 aromatic carbocycles. The highest BCUT2D eigenvalue weighted by Gasteiger charge is 2.28. The van der Waals surface area contributed by atoms with Gasteiger partial charge in [-0.15, -0.1) is 0 Å². The number of rotatable bonds is 7. The molecule has 1 saturated carbocycles. The first-order valence-electron chi connectivity index (χ1n) is 10.5. The van der Waals surface area contributed by atoms with Crippen molar-refractivity contribution in [2.45, 2.75) is 64.1 Å². The highest BCUT2D eigenvalue weighted by atomic mass is 35.5. The first-order chi connectivity index (χ1) is 14.4. The summed E-state index contributed by atoms with van der Waals surface area (Å²) in [5.74, 6) is -0.195. The molecule has 1 aliphatic carbocycles. The maximum absolute atomic E-state index is 13.2. The van der Waals surface area contributed by atoms with Gasteiger partial charge in [-0.25, -0.2) is 0 Å². The molecule has 1 fully saturated rings. The minimum absolute atomic E-state index is 0.0969. The van der Waals surface area contributed by atoms with Crippen LogP contribution in [0.1, 0.15) is 50.2 Å². The molecule has 2 amide bonds. The van der Waals surface area contributed by atoms with Crippen LogP contribution in [0.4, 0.5) is 0 Å². The normalized spacial score (nSPS) is 15.4. The number of benzene rings is 2. The summed E-state index contributed by atoms with van der Waals surface area (Å²) in [6.45, 7) is 2.15. The Morgan fingerprint density at radius 2 is 1.47 bits per heavy atom. The summed E-state index contributed by atoms with van der Waals surface area (Å²) in [7, 11) is 0. The van der Waals surface area contributed by atoms with E-state index in [4.69, 9.17) is 23.2 Å². The fourth-order valence-corrected chi connectivity index (χ4v) is 4.07. The van der Waals surface area contributed by atoms with Crippen LogP contribution < -0.4 is 5.32 Å². The van der Waals surface area contributed by atoms with Crippen LogP contribution in [0.3, 0.4) is 0 Å². The third-order valence-corrected chi connectivity index (χ3v) is 6.16. The topological polar surface area (TPSA) is 49.4 Å². The average molecular weight is 447 g/mol. The number of halogens is 2. The quantitative estimate of drug-likeness (QED) is 0.618. The van der Waals surface area contributed by atoms with Crippen molar-refractivity contribution >= 4 is 35.0 Å². The average Bonchev–Trinajstić information content (AvgIpc) is 2.75. The fourth-order valence-electron chi connectivity index (χ4n) is 3.82. The summed E-state index contributed by atoms with van der Waals surface area (Å²) >= 11 is 12.0. The molecule has 0 radical (unpaired) electrons. The molecule has 0 aliphatic heterocycles. The van der Waals surface area contributed by atoms with Crippen molar-refractivity contribution in [1.82, 2.24) is 10.2 Å². The zero-order chi connectivity index (χ0) is 21.5. The third-order valence-electron chi connectivity index (χ3n) is 5.65. The van der Waals surface area contributed by atoms with Gasteiger partial charge in [-0.2, -0.15) is 0 Å². The van der Waals surface area contributed by atoms with E-state index in [0.29, 0.717) is 16.6 Å². The van der Waals surface area contributed by atoms with Gasteiger partial charge in [-0.05, 0) is 55.2 Å². The van der Waals surface area contributed by atoms with Crippen molar-refractivity contribution in [1.29, 1.82) is 0 Å². The van der Waals surface area contributed by atoms with Gasteiger partial charge in [0.05, 0.1) is 6.42 Å². The Labute approximate surface area is 188 Å². The van der Waals surface area contributed by atoms with Gasteiger partial charge in [0.1, 0.15) is 6.04 Å². The second-order valence-electron chi connectivity index (χ2n) is 7.97. The Morgan fingerprint density at radius 1 is 0.933 bits per heavy atom. The van der Waals surface area contributed by atoms with Crippen LogP contribution in [-0.4, -0.2) is 28.8 Å². The van der Waals surface area contributed by atoms with Crippen LogP contribution in [0.2, 0.25) is 10.0 Å². The maximum atomic E-state index is 13.2. The minimum Gasteiger partial charge on any atom is -0.352 e. The number of nitrogens with zero attached hydrogens (tertiary/aromatic N) is 1. The predicted octanol–water partition coefficient (Wildman–Crippen LogP) is 5.40. The first-order valence-corrected chi connectivity index (χ1v) is 11.3. The third kappa shape index (κ3) is 6.48. The molecule has 1 N–H and O–H groups in total. The van der Waals surface area contributed by atoms with Gasteiger partial charge in [0.25, 0.3) is 0 Å². The summed E-state index contributed by atoms with van der Waals surface area (Å²) in [4.78, 5) is 27.8. The molecule has 0 unspecified atom stereocenters. The van der Waals surface area contributed by atoms with Crippen molar-refractivity contribution in [3.63, 3.8) is 0 Å². The number of carbonyl (C=O) groups is 2. The highest BCUT2D eigenvalue weighted by Crippen LogP contribution is 2.19. The first kappa shape index (κ1) is 22.6. The minimum atomic E-state index is -0.567. The lowest BCUT2D eigenvalue weighted by Gasteiger charge is -2.31. The van der Waals surface area contributed by atoms with E-state index in [0.717, 1.165) is 36.8 Å². The summed E-state index contributed by atoms with van der Waals surface area (Å²) in [5.41, 5.74) is 1.80. The SMILES string of the molecule is C[C@H](C(=O)NC1CCCCC1)N(Cc1ccc(Cl)cc1)C(=O)Cc1ccc(Cl)cc1. The second-order valence-corrected chi connectivity index (χ2v) is 8.84. The molecule has 0 bridgehead atoms. The van der Waals surface area contributed by atoms with E-state index in [1.165, 1.54) is 6.42 Å². The maximum Gasteiger partial charge on any atom is 0.242 e. The van der Waals surface area contributed by atoms with Crippen LogP contribution in [0.25, 0.3) is 0 Å². The number of amides is 2. The molecule has 30 heavy (non-hydrogen) atoms. The molecule has 0 spiro atoms. The Balaban J connectivity index is 1.74. The van der Waals surface area contributed by atoms with Crippen molar-refractivity contribution in [2.75, 3.05) is 0 Å². The highest BCUT2D eigenvalue weighted by molar-refractivity contribution is 6.30. The molecule has 6 heteroatoms. The lowest BCUT2D eigenvalue weighted by molar-refractivity contribution is -0.140. The summed E-state index contributed by atoms with van der Waals surface area (Å²) in [6.07, 6.45) is 5.74. The van der Waals surface area contributed by atoms with Gasteiger partial charge in [-0.3, -0.25) is 9.59 Å². The smallest absolute Gasteiger partial charge is 0.242 e. The monoisotopic (exact) mass is 446 g/mol. The van der Waals surface area contributed by atoms with Gasteiger partial charge < -0.3 is 10.2 Å². The molecule has 1 aliphatic rings. The lowest BCUT2D eigenvalue weighted by Crippen LogP contribution is -2.50. The van der Waals surface area contributed by atoms with E-state index >= 15 is 0 Å². The van der Waals surface area contributed by atoms with Crippen LogP contribution in [-0.2, 0) is 22.6 Å². The van der Waals surface area contributed by atoms with E-state index < -0.39 is 6.04 Å². The summed E-state index contributed by atoms with van der Waals surface area (Å²) < 4.78 is 0. The van der Waals surface area contributed by atoms with E-state index in [9.17, 15) is 9.59 Å². The Hall–Kier alpha value is -2.04. The molecule has 3 rings (SSSR count). The van der Waals surface area contributed by atoms with Crippen molar-refractivity contribution in [2.24, 2.45) is 0 Å². The van der Waals surface area contributed by atoms with Crippen LogP contribution >= 0.6 is 23.2 Å². The van der Waals surface area contributed by atoms with Crippen LogP contribution in [0.5, 0.6) is 0 Å². The standard InChI is InChI=1S/C24H28Cl2N2O2/c1-17(24(30)27-22-5-3-2-4-6-22)28(16-19-9-13-21(26)14-10-19)23(29)15-18-7-11-20(25)12-8-18/h7-14,17,22H,2-6,15-16H2,1H3,(H,27,30)/t17-/m1/s1. The lowest BCUT2D eigenvalue weighted by atomic mass is 9.95. The summed E-state index contributed by atoms with van der Waals surface area (Å²) in [5, 5.41) is 4.42.